The Morgan fingerprint density at radius 3 is 2.96 bits per heavy atom. The molecule has 0 radical (unpaired) electrons. The Balaban J connectivity index is 1.70. The molecule has 0 aromatic carbocycles. The van der Waals surface area contributed by atoms with Crippen LogP contribution in [-0.2, 0) is 4.74 Å². The van der Waals surface area contributed by atoms with Gasteiger partial charge in [-0.05, 0) is 34.1 Å². The highest BCUT2D eigenvalue weighted by Crippen LogP contribution is 2.21. The maximum absolute atomic E-state index is 11.9. The Hall–Kier alpha value is -2.38. The number of aromatic nitrogens is 4. The van der Waals surface area contributed by atoms with E-state index in [1.54, 1.807) is 4.52 Å². The second-order valence-electron chi connectivity index (χ2n) is 6.81. The number of amides is 1. The van der Waals surface area contributed by atoms with Gasteiger partial charge < -0.3 is 15.0 Å². The Labute approximate surface area is 134 Å². The van der Waals surface area contributed by atoms with Crippen LogP contribution in [0.2, 0.25) is 0 Å². The molecular formula is C15H22N6O2. The quantitative estimate of drug-likeness (QED) is 0.904. The van der Waals surface area contributed by atoms with Crippen LogP contribution >= 0.6 is 0 Å². The molecule has 124 valence electrons. The summed E-state index contributed by atoms with van der Waals surface area (Å²) in [4.78, 5) is 22.6. The first-order valence-electron chi connectivity index (χ1n) is 7.74. The number of carbonyl (C=O) groups is 1. The summed E-state index contributed by atoms with van der Waals surface area (Å²) in [6.07, 6.45) is 1.98. The van der Waals surface area contributed by atoms with E-state index in [1.165, 1.54) is 6.33 Å². The average molecular weight is 318 g/mol. The molecule has 8 nitrogen and oxygen atoms in total. The van der Waals surface area contributed by atoms with Crippen molar-refractivity contribution in [2.45, 2.75) is 45.8 Å². The minimum atomic E-state index is -0.489. The Kier molecular flexibility index (Phi) is 3.83. The van der Waals surface area contributed by atoms with Gasteiger partial charge >= 0.3 is 6.09 Å². The van der Waals surface area contributed by atoms with E-state index < -0.39 is 5.60 Å². The number of nitrogens with zero attached hydrogens (tertiary/aromatic N) is 5. The van der Waals surface area contributed by atoms with Crippen molar-refractivity contribution < 1.29 is 9.53 Å². The SMILES string of the molecule is Cc1cc(N2CC[C@@H](NC(=O)OC(C)(C)C)C2)n2ncnc2n1. The Morgan fingerprint density at radius 1 is 1.43 bits per heavy atom. The topological polar surface area (TPSA) is 84.7 Å². The van der Waals surface area contributed by atoms with Crippen LogP contribution in [0, 0.1) is 6.92 Å². The second-order valence-corrected chi connectivity index (χ2v) is 6.81. The van der Waals surface area contributed by atoms with Crippen molar-refractivity contribution in [3.8, 4) is 0 Å². The molecule has 1 saturated heterocycles. The van der Waals surface area contributed by atoms with Gasteiger partial charge in [0.1, 0.15) is 17.7 Å². The molecule has 8 heteroatoms. The van der Waals surface area contributed by atoms with Crippen molar-refractivity contribution in [1.29, 1.82) is 0 Å². The van der Waals surface area contributed by atoms with Gasteiger partial charge in [0.2, 0.25) is 0 Å². The molecule has 1 amide bonds. The number of alkyl carbamates (subject to hydrolysis) is 1. The first-order valence-corrected chi connectivity index (χ1v) is 7.74. The predicted molar refractivity (Wildman–Crippen MR) is 85.5 cm³/mol. The van der Waals surface area contributed by atoms with Crippen molar-refractivity contribution >= 4 is 17.7 Å². The molecule has 0 aliphatic carbocycles. The Bertz CT molecular complexity index is 720. The highest BCUT2D eigenvalue weighted by Gasteiger charge is 2.27. The van der Waals surface area contributed by atoms with Gasteiger partial charge in [0.05, 0.1) is 6.04 Å². The van der Waals surface area contributed by atoms with E-state index in [0.29, 0.717) is 12.3 Å². The number of hydrogen-bond donors (Lipinski definition) is 1. The number of nitrogens with one attached hydrogen (secondary N) is 1. The summed E-state index contributed by atoms with van der Waals surface area (Å²) < 4.78 is 7.04. The third kappa shape index (κ3) is 3.52. The smallest absolute Gasteiger partial charge is 0.407 e. The maximum atomic E-state index is 11.9. The summed E-state index contributed by atoms with van der Waals surface area (Å²) in [5.41, 5.74) is 0.404. The lowest BCUT2D eigenvalue weighted by Crippen LogP contribution is -2.40. The molecule has 0 unspecified atom stereocenters. The van der Waals surface area contributed by atoms with Gasteiger partial charge in [0.25, 0.3) is 5.78 Å². The largest absolute Gasteiger partial charge is 0.444 e. The van der Waals surface area contributed by atoms with Gasteiger partial charge in [-0.1, -0.05) is 0 Å². The van der Waals surface area contributed by atoms with E-state index in [-0.39, 0.29) is 12.1 Å². The standard InChI is InChI=1S/C15H22N6O2/c1-10-7-12(21-13(18-10)16-9-17-21)20-6-5-11(8-20)19-14(22)23-15(2,3)4/h7,9,11H,5-6,8H2,1-4H3,(H,19,22)/t11-/m1/s1. The fourth-order valence-electron chi connectivity index (χ4n) is 2.70. The molecule has 0 spiro atoms. The number of anilines is 1. The van der Waals surface area contributed by atoms with Gasteiger partial charge in [-0.2, -0.15) is 14.6 Å². The number of aryl methyl sites for hydroxylation is 1. The monoisotopic (exact) mass is 318 g/mol. The maximum Gasteiger partial charge on any atom is 0.407 e. The van der Waals surface area contributed by atoms with Crippen LogP contribution in [-0.4, -0.2) is 50.4 Å². The lowest BCUT2D eigenvalue weighted by molar-refractivity contribution is 0.0509. The molecule has 1 N–H and O–H groups in total. The van der Waals surface area contributed by atoms with Gasteiger partial charge in [-0.25, -0.2) is 9.78 Å². The van der Waals surface area contributed by atoms with Crippen LogP contribution in [0.15, 0.2) is 12.4 Å². The number of ether oxygens (including phenoxy) is 1. The third-order valence-electron chi connectivity index (χ3n) is 3.59. The summed E-state index contributed by atoms with van der Waals surface area (Å²) in [7, 11) is 0. The molecule has 1 aliphatic rings. The molecule has 0 saturated carbocycles. The molecule has 3 heterocycles. The third-order valence-corrected chi connectivity index (χ3v) is 3.59. The minimum absolute atomic E-state index is 0.0527. The van der Waals surface area contributed by atoms with Crippen molar-refractivity contribution in [2.75, 3.05) is 18.0 Å². The van der Waals surface area contributed by atoms with Crippen LogP contribution in [0.3, 0.4) is 0 Å². The molecule has 3 rings (SSSR count). The fraction of sp³-hybridized carbons (Fsp3) is 0.600. The lowest BCUT2D eigenvalue weighted by atomic mass is 10.2. The first kappa shape index (κ1) is 15.5. The fourth-order valence-corrected chi connectivity index (χ4v) is 2.70. The predicted octanol–water partition coefficient (Wildman–Crippen LogP) is 1.54. The van der Waals surface area contributed by atoms with Gasteiger partial charge in [0, 0.05) is 24.8 Å². The Morgan fingerprint density at radius 2 is 2.22 bits per heavy atom. The van der Waals surface area contributed by atoms with E-state index >= 15 is 0 Å². The number of carbonyl (C=O) groups excluding carboxylic acids is 1. The molecular weight excluding hydrogens is 296 g/mol. The van der Waals surface area contributed by atoms with Crippen LogP contribution in [0.1, 0.15) is 32.9 Å². The number of fused-ring (bicyclic) bond motifs is 1. The summed E-state index contributed by atoms with van der Waals surface area (Å²) in [5, 5.41) is 7.16. The average Bonchev–Trinajstić information content (AvgIpc) is 3.03. The molecule has 1 aliphatic heterocycles. The van der Waals surface area contributed by atoms with Gasteiger partial charge in [0.15, 0.2) is 0 Å². The van der Waals surface area contributed by atoms with Crippen LogP contribution in [0.4, 0.5) is 10.6 Å². The summed E-state index contributed by atoms with van der Waals surface area (Å²) in [6, 6.07) is 2.04. The highest BCUT2D eigenvalue weighted by molar-refractivity contribution is 5.68. The van der Waals surface area contributed by atoms with Gasteiger partial charge in [-0.15, -0.1) is 0 Å². The molecule has 2 aromatic heterocycles. The normalized spacial score (nSPS) is 18.4. The van der Waals surface area contributed by atoms with Crippen molar-refractivity contribution in [3.05, 3.63) is 18.1 Å². The van der Waals surface area contributed by atoms with E-state index in [9.17, 15) is 4.79 Å². The summed E-state index contributed by atoms with van der Waals surface area (Å²) >= 11 is 0. The minimum Gasteiger partial charge on any atom is -0.444 e. The number of rotatable bonds is 2. The van der Waals surface area contributed by atoms with Gasteiger partial charge in [-0.3, -0.25) is 0 Å². The van der Waals surface area contributed by atoms with Crippen LogP contribution in [0.25, 0.3) is 5.78 Å². The van der Waals surface area contributed by atoms with Crippen molar-refractivity contribution in [2.24, 2.45) is 0 Å². The van der Waals surface area contributed by atoms with E-state index in [0.717, 1.165) is 24.5 Å². The van der Waals surface area contributed by atoms with E-state index in [1.807, 2.05) is 33.8 Å². The lowest BCUT2D eigenvalue weighted by Gasteiger charge is -2.22. The van der Waals surface area contributed by atoms with Crippen molar-refractivity contribution in [3.63, 3.8) is 0 Å². The molecule has 1 fully saturated rings. The zero-order chi connectivity index (χ0) is 16.6. The summed E-state index contributed by atoms with van der Waals surface area (Å²) in [6.45, 7) is 9.04. The zero-order valence-corrected chi connectivity index (χ0v) is 13.9. The highest BCUT2D eigenvalue weighted by atomic mass is 16.6. The molecule has 0 bridgehead atoms. The van der Waals surface area contributed by atoms with Crippen LogP contribution < -0.4 is 10.2 Å². The molecule has 1 atom stereocenters. The zero-order valence-electron chi connectivity index (χ0n) is 13.9. The van der Waals surface area contributed by atoms with Crippen LogP contribution in [0.5, 0.6) is 0 Å². The summed E-state index contributed by atoms with van der Waals surface area (Å²) in [5.74, 6) is 1.53. The van der Waals surface area contributed by atoms with E-state index in [4.69, 9.17) is 4.74 Å². The molecule has 23 heavy (non-hydrogen) atoms. The molecule has 2 aromatic rings. The first-order chi connectivity index (χ1) is 10.8. The van der Waals surface area contributed by atoms with Crippen molar-refractivity contribution in [1.82, 2.24) is 24.9 Å². The number of hydrogen-bond acceptors (Lipinski definition) is 6. The van der Waals surface area contributed by atoms with E-state index in [2.05, 4.69) is 25.3 Å². The second kappa shape index (κ2) is 5.68.